The van der Waals surface area contributed by atoms with Crippen LogP contribution in [0.3, 0.4) is 0 Å². The average molecular weight is 462 g/mol. The van der Waals surface area contributed by atoms with E-state index in [0.717, 1.165) is 12.0 Å². The molecule has 2 aromatic rings. The maximum Gasteiger partial charge on any atom is 0.348 e. The van der Waals surface area contributed by atoms with E-state index in [2.05, 4.69) is 30.9 Å². The van der Waals surface area contributed by atoms with Gasteiger partial charge < -0.3 is 24.6 Å². The predicted molar refractivity (Wildman–Crippen MR) is 131 cm³/mol. The quantitative estimate of drug-likeness (QED) is 0.499. The van der Waals surface area contributed by atoms with Gasteiger partial charge in [0, 0.05) is 12.0 Å². The van der Waals surface area contributed by atoms with Gasteiger partial charge in [0.1, 0.15) is 5.56 Å². The van der Waals surface area contributed by atoms with Crippen LogP contribution in [0.1, 0.15) is 71.7 Å². The van der Waals surface area contributed by atoms with Gasteiger partial charge >= 0.3 is 7.52 Å². The van der Waals surface area contributed by atoms with Crippen molar-refractivity contribution in [3.63, 3.8) is 0 Å². The molecule has 0 aliphatic carbocycles. The van der Waals surface area contributed by atoms with Gasteiger partial charge in [0.15, 0.2) is 11.6 Å². The molecule has 1 aromatic carbocycles. The summed E-state index contributed by atoms with van der Waals surface area (Å²) in [5.74, 6) is -0.00807. The van der Waals surface area contributed by atoms with Crippen LogP contribution in [0.15, 0.2) is 23.0 Å². The predicted octanol–water partition coefficient (Wildman–Crippen LogP) is 5.67. The Bertz CT molecular complexity index is 1100. The van der Waals surface area contributed by atoms with E-state index in [4.69, 9.17) is 4.52 Å². The minimum atomic E-state index is -3.60. The van der Waals surface area contributed by atoms with Gasteiger partial charge in [-0.3, -0.25) is 4.57 Å². The fraction of sp³-hybridized carbons (Fsp3) is 0.542. The van der Waals surface area contributed by atoms with Gasteiger partial charge in [0.2, 0.25) is 5.88 Å². The molecule has 0 radical (unpaired) electrons. The van der Waals surface area contributed by atoms with Crippen molar-refractivity contribution in [3.8, 4) is 11.6 Å². The number of anilines is 1. The third-order valence-corrected chi connectivity index (χ3v) is 7.78. The molecule has 1 aromatic heterocycles. The van der Waals surface area contributed by atoms with Crippen LogP contribution in [-0.2, 0) is 21.0 Å². The second-order valence-electron chi connectivity index (χ2n) is 10.6. The minimum Gasteiger partial charge on any atom is -0.505 e. The zero-order valence-electron chi connectivity index (χ0n) is 20.4. The van der Waals surface area contributed by atoms with Gasteiger partial charge in [0.05, 0.1) is 23.3 Å². The van der Waals surface area contributed by atoms with Gasteiger partial charge in [-0.15, -0.1) is 0 Å². The summed E-state index contributed by atoms with van der Waals surface area (Å²) in [5.41, 5.74) is 1.77. The third kappa shape index (κ3) is 4.46. The molecule has 1 aliphatic heterocycles. The molecular formula is C24H36N3O4P. The molecule has 3 rings (SSSR count). The summed E-state index contributed by atoms with van der Waals surface area (Å²) in [7, 11) is -3.60. The first-order chi connectivity index (χ1) is 14.7. The van der Waals surface area contributed by atoms with Crippen molar-refractivity contribution in [1.82, 2.24) is 4.57 Å². The van der Waals surface area contributed by atoms with Gasteiger partial charge in [-0.1, -0.05) is 53.7 Å². The van der Waals surface area contributed by atoms with E-state index >= 15 is 0 Å². The summed E-state index contributed by atoms with van der Waals surface area (Å²) in [5, 5.41) is 26.2. The van der Waals surface area contributed by atoms with Crippen molar-refractivity contribution in [2.75, 3.05) is 11.9 Å². The lowest BCUT2D eigenvalue weighted by molar-refractivity contribution is 0.319. The first kappa shape index (κ1) is 24.4. The van der Waals surface area contributed by atoms with Crippen molar-refractivity contribution in [2.45, 2.75) is 73.8 Å². The van der Waals surface area contributed by atoms with Crippen molar-refractivity contribution >= 4 is 24.3 Å². The number of benzene rings is 1. The molecule has 1 unspecified atom stereocenters. The lowest BCUT2D eigenvalue weighted by Gasteiger charge is -2.26. The standard InChI is InChI=1S/C24H36N3O4P/c1-9-31-32(30)19-15(2)11-10-12-16(19)25-21(26-32)17-18(28)20(24(6,7)8)27(22(17)29)14-13-23(3,4)5/h10-12,28-29H,9,13-14H2,1-8H3,(H,25,26,30). The van der Waals surface area contributed by atoms with E-state index in [-0.39, 0.29) is 35.1 Å². The monoisotopic (exact) mass is 461 g/mol. The lowest BCUT2D eigenvalue weighted by Crippen LogP contribution is -2.27. The van der Waals surface area contributed by atoms with Crippen molar-refractivity contribution < 1.29 is 19.3 Å². The Morgan fingerprint density at radius 2 is 1.81 bits per heavy atom. The Hall–Kier alpha value is -2.24. The number of fused-ring (bicyclic) bond motifs is 1. The van der Waals surface area contributed by atoms with Crippen molar-refractivity contribution in [1.29, 1.82) is 0 Å². The molecule has 3 N–H and O–H groups in total. The van der Waals surface area contributed by atoms with Crippen molar-refractivity contribution in [2.24, 2.45) is 10.2 Å². The summed E-state index contributed by atoms with van der Waals surface area (Å²) in [6, 6.07) is 5.52. The summed E-state index contributed by atoms with van der Waals surface area (Å²) >= 11 is 0. The topological polar surface area (TPSA) is 96.1 Å². The molecule has 176 valence electrons. The van der Waals surface area contributed by atoms with Gasteiger partial charge in [-0.25, -0.2) is 0 Å². The summed E-state index contributed by atoms with van der Waals surface area (Å²) in [6.45, 7) is 16.7. The molecule has 0 fully saturated rings. The number of aryl methyl sites for hydroxylation is 1. The molecule has 7 nitrogen and oxygen atoms in total. The van der Waals surface area contributed by atoms with E-state index < -0.39 is 12.9 Å². The second-order valence-corrected chi connectivity index (χ2v) is 12.5. The molecule has 0 saturated carbocycles. The molecule has 1 aliphatic rings. The van der Waals surface area contributed by atoms with Gasteiger partial charge in [0.25, 0.3) is 0 Å². The van der Waals surface area contributed by atoms with E-state index in [1.165, 1.54) is 0 Å². The molecule has 0 amide bonds. The SMILES string of the molecule is CCOP1(=O)N=C(c2c(O)c(C(C)(C)C)n(CCC(C)(C)C)c2O)Nc2cccc(C)c21. The molecule has 1 atom stereocenters. The number of aromatic nitrogens is 1. The zero-order chi connectivity index (χ0) is 24.1. The molecule has 0 spiro atoms. The molecule has 0 saturated heterocycles. The van der Waals surface area contributed by atoms with E-state index in [1.54, 1.807) is 17.6 Å². The molecule has 8 heteroatoms. The lowest BCUT2D eigenvalue weighted by atomic mass is 9.89. The summed E-state index contributed by atoms with van der Waals surface area (Å²) < 4.78 is 25.7. The number of nitrogens with one attached hydrogen (secondary N) is 1. The second kappa shape index (κ2) is 8.27. The van der Waals surface area contributed by atoms with E-state index in [1.807, 2.05) is 39.8 Å². The number of aromatic hydroxyl groups is 2. The fourth-order valence-electron chi connectivity index (χ4n) is 4.09. The average Bonchev–Trinajstić information content (AvgIpc) is 2.89. The first-order valence-electron chi connectivity index (χ1n) is 11.1. The number of hydrogen-bond acceptors (Lipinski definition) is 5. The van der Waals surface area contributed by atoms with E-state index in [0.29, 0.717) is 23.2 Å². The van der Waals surface area contributed by atoms with Crippen LogP contribution < -0.4 is 10.6 Å². The van der Waals surface area contributed by atoms with Crippen LogP contribution in [0.4, 0.5) is 5.69 Å². The smallest absolute Gasteiger partial charge is 0.348 e. The maximum absolute atomic E-state index is 13.8. The molecular weight excluding hydrogens is 425 g/mol. The highest BCUT2D eigenvalue weighted by Crippen LogP contribution is 2.54. The van der Waals surface area contributed by atoms with Crippen LogP contribution in [-0.4, -0.2) is 27.2 Å². The Morgan fingerprint density at radius 1 is 1.16 bits per heavy atom. The minimum absolute atomic E-state index is 0.0450. The van der Waals surface area contributed by atoms with Crippen molar-refractivity contribution in [3.05, 3.63) is 35.0 Å². The highest BCUT2D eigenvalue weighted by molar-refractivity contribution is 7.66. The Labute approximate surface area is 191 Å². The Morgan fingerprint density at radius 3 is 2.38 bits per heavy atom. The molecule has 0 bridgehead atoms. The Balaban J connectivity index is 2.23. The largest absolute Gasteiger partial charge is 0.505 e. The van der Waals surface area contributed by atoms with Crippen LogP contribution in [0.5, 0.6) is 11.6 Å². The first-order valence-corrected chi connectivity index (χ1v) is 12.6. The number of hydrogen-bond donors (Lipinski definition) is 3. The number of nitrogens with zero attached hydrogens (tertiary/aromatic N) is 2. The zero-order valence-corrected chi connectivity index (χ0v) is 21.3. The van der Waals surface area contributed by atoms with Crippen LogP contribution in [0, 0.1) is 12.3 Å². The highest BCUT2D eigenvalue weighted by atomic mass is 31.2. The summed E-state index contributed by atoms with van der Waals surface area (Å²) in [4.78, 5) is 0. The third-order valence-electron chi connectivity index (χ3n) is 5.55. The highest BCUT2D eigenvalue weighted by Gasteiger charge is 2.39. The summed E-state index contributed by atoms with van der Waals surface area (Å²) in [6.07, 6.45) is 0.802. The van der Waals surface area contributed by atoms with Crippen LogP contribution in [0.2, 0.25) is 0 Å². The number of amidine groups is 1. The molecule has 32 heavy (non-hydrogen) atoms. The van der Waals surface area contributed by atoms with Crippen LogP contribution in [0.25, 0.3) is 0 Å². The normalized spacial score (nSPS) is 18.8. The van der Waals surface area contributed by atoms with E-state index in [9.17, 15) is 14.8 Å². The Kier molecular flexibility index (Phi) is 6.31. The maximum atomic E-state index is 13.8. The van der Waals surface area contributed by atoms with Crippen LogP contribution >= 0.6 is 7.52 Å². The fourth-order valence-corrected chi connectivity index (χ4v) is 6.09. The molecule has 2 heterocycles. The van der Waals surface area contributed by atoms with Gasteiger partial charge in [-0.2, -0.15) is 4.76 Å². The van der Waals surface area contributed by atoms with Gasteiger partial charge in [-0.05, 0) is 37.3 Å². The number of rotatable bonds is 5.